The number of nitriles is 1. The molecule has 80 valence electrons. The number of rotatable bonds is 2. The third-order valence-corrected chi connectivity index (χ3v) is 1.83. The number of nitrogens with two attached hydrogens (primary N) is 1. The lowest BCUT2D eigenvalue weighted by molar-refractivity contribution is -0.384. The number of nitro benzene ring substituents is 1. The summed E-state index contributed by atoms with van der Waals surface area (Å²) in [7, 11) is 0. The highest BCUT2D eigenvalue weighted by Gasteiger charge is 2.08. The van der Waals surface area contributed by atoms with E-state index in [0.29, 0.717) is 18.5 Å². The number of hydrogen-bond acceptors (Lipinski definition) is 4. The molecule has 0 saturated heterocycles. The standard InChI is InChI=1S/C11H9N3O2/c12-6-2-1-3-9-4-5-11(14(15)16)7-10(9)8-13/h4-5,7H,2,6,12H2. The van der Waals surface area contributed by atoms with Gasteiger partial charge in [0.15, 0.2) is 0 Å². The van der Waals surface area contributed by atoms with Crippen LogP contribution in [0.1, 0.15) is 17.5 Å². The summed E-state index contributed by atoms with van der Waals surface area (Å²) < 4.78 is 0. The van der Waals surface area contributed by atoms with Crippen molar-refractivity contribution in [1.82, 2.24) is 0 Å². The Bertz CT molecular complexity index is 506. The average Bonchev–Trinajstić information content (AvgIpc) is 2.29. The van der Waals surface area contributed by atoms with E-state index in [-0.39, 0.29) is 11.3 Å². The van der Waals surface area contributed by atoms with Gasteiger partial charge in [-0.05, 0) is 6.07 Å². The van der Waals surface area contributed by atoms with Gasteiger partial charge in [-0.1, -0.05) is 11.8 Å². The average molecular weight is 215 g/mol. The van der Waals surface area contributed by atoms with E-state index < -0.39 is 4.92 Å². The molecule has 0 saturated carbocycles. The fourth-order valence-corrected chi connectivity index (χ4v) is 1.08. The van der Waals surface area contributed by atoms with Gasteiger partial charge in [0.05, 0.1) is 10.5 Å². The Kier molecular flexibility index (Phi) is 4.02. The third kappa shape index (κ3) is 2.81. The predicted octanol–water partition coefficient (Wildman–Crippen LogP) is 1.17. The number of non-ortho nitro benzene ring substituents is 1. The first-order chi connectivity index (χ1) is 7.69. The van der Waals surface area contributed by atoms with Crippen LogP contribution in [-0.4, -0.2) is 11.5 Å². The SMILES string of the molecule is N#Cc1cc([N+](=O)[O-])ccc1C#CCCN. The first-order valence-electron chi connectivity index (χ1n) is 4.56. The summed E-state index contributed by atoms with van der Waals surface area (Å²) in [5.74, 6) is 5.53. The fourth-order valence-electron chi connectivity index (χ4n) is 1.08. The smallest absolute Gasteiger partial charge is 0.270 e. The molecule has 1 rings (SSSR count). The van der Waals surface area contributed by atoms with E-state index >= 15 is 0 Å². The lowest BCUT2D eigenvalue weighted by Crippen LogP contribution is -1.95. The molecule has 0 radical (unpaired) electrons. The van der Waals surface area contributed by atoms with Gasteiger partial charge in [0, 0.05) is 30.7 Å². The molecule has 0 spiro atoms. The molecule has 0 unspecified atom stereocenters. The molecule has 0 aromatic heterocycles. The summed E-state index contributed by atoms with van der Waals surface area (Å²) in [6.07, 6.45) is 0.530. The van der Waals surface area contributed by atoms with E-state index in [4.69, 9.17) is 11.0 Å². The molecule has 0 amide bonds. The predicted molar refractivity (Wildman–Crippen MR) is 58.4 cm³/mol. The van der Waals surface area contributed by atoms with Crippen LogP contribution in [0.4, 0.5) is 5.69 Å². The van der Waals surface area contributed by atoms with Crippen LogP contribution in [0.15, 0.2) is 18.2 Å². The molecule has 16 heavy (non-hydrogen) atoms. The van der Waals surface area contributed by atoms with Gasteiger partial charge in [-0.3, -0.25) is 10.1 Å². The largest absolute Gasteiger partial charge is 0.330 e. The molecule has 0 fully saturated rings. The molecule has 0 atom stereocenters. The topological polar surface area (TPSA) is 92.9 Å². The molecule has 0 aliphatic heterocycles. The Balaban J connectivity index is 3.10. The van der Waals surface area contributed by atoms with Crippen LogP contribution in [0.25, 0.3) is 0 Å². The maximum atomic E-state index is 10.5. The summed E-state index contributed by atoms with van der Waals surface area (Å²) in [4.78, 5) is 9.94. The van der Waals surface area contributed by atoms with Crippen molar-refractivity contribution in [2.45, 2.75) is 6.42 Å². The molecule has 0 aliphatic carbocycles. The van der Waals surface area contributed by atoms with E-state index in [1.54, 1.807) is 0 Å². The first-order valence-corrected chi connectivity index (χ1v) is 4.56. The molecule has 2 N–H and O–H groups in total. The quantitative estimate of drug-likeness (QED) is 0.455. The van der Waals surface area contributed by atoms with Gasteiger partial charge in [0.25, 0.3) is 5.69 Å². The molecule has 0 aliphatic rings. The van der Waals surface area contributed by atoms with E-state index in [2.05, 4.69) is 11.8 Å². The molecular formula is C11H9N3O2. The lowest BCUT2D eigenvalue weighted by atomic mass is 10.1. The Morgan fingerprint density at radius 1 is 1.44 bits per heavy atom. The maximum absolute atomic E-state index is 10.5. The van der Waals surface area contributed by atoms with Crippen molar-refractivity contribution in [3.63, 3.8) is 0 Å². The van der Waals surface area contributed by atoms with Gasteiger partial charge in [-0.2, -0.15) is 5.26 Å². The van der Waals surface area contributed by atoms with Crippen molar-refractivity contribution in [2.75, 3.05) is 6.54 Å². The van der Waals surface area contributed by atoms with Gasteiger partial charge in [0.2, 0.25) is 0 Å². The van der Waals surface area contributed by atoms with Gasteiger partial charge < -0.3 is 5.73 Å². The van der Waals surface area contributed by atoms with Crippen molar-refractivity contribution in [1.29, 1.82) is 5.26 Å². The second-order valence-electron chi connectivity index (χ2n) is 2.94. The number of nitrogens with zero attached hydrogens (tertiary/aromatic N) is 2. The lowest BCUT2D eigenvalue weighted by Gasteiger charge is -1.95. The van der Waals surface area contributed by atoms with Crippen molar-refractivity contribution < 1.29 is 4.92 Å². The highest BCUT2D eigenvalue weighted by atomic mass is 16.6. The van der Waals surface area contributed by atoms with Crippen LogP contribution in [0.2, 0.25) is 0 Å². The van der Waals surface area contributed by atoms with E-state index in [0.717, 1.165) is 0 Å². The van der Waals surface area contributed by atoms with Crippen LogP contribution in [-0.2, 0) is 0 Å². The zero-order chi connectivity index (χ0) is 12.0. The number of nitro groups is 1. The molecule has 0 bridgehead atoms. The van der Waals surface area contributed by atoms with Crippen LogP contribution in [0.3, 0.4) is 0 Å². The van der Waals surface area contributed by atoms with Crippen molar-refractivity contribution in [3.05, 3.63) is 39.4 Å². The van der Waals surface area contributed by atoms with Crippen LogP contribution in [0, 0.1) is 33.3 Å². The first kappa shape index (κ1) is 11.7. The van der Waals surface area contributed by atoms with Crippen molar-refractivity contribution >= 4 is 5.69 Å². The van der Waals surface area contributed by atoms with Crippen LogP contribution < -0.4 is 5.73 Å². The number of hydrogen-bond donors (Lipinski definition) is 1. The summed E-state index contributed by atoms with van der Waals surface area (Å²) in [5, 5.41) is 19.3. The Hall–Kier alpha value is -2.37. The minimum Gasteiger partial charge on any atom is -0.330 e. The van der Waals surface area contributed by atoms with Crippen molar-refractivity contribution in [3.8, 4) is 17.9 Å². The van der Waals surface area contributed by atoms with Gasteiger partial charge >= 0.3 is 0 Å². The minimum absolute atomic E-state index is 0.110. The Morgan fingerprint density at radius 3 is 2.75 bits per heavy atom. The van der Waals surface area contributed by atoms with Crippen LogP contribution in [0.5, 0.6) is 0 Å². The second-order valence-corrected chi connectivity index (χ2v) is 2.94. The van der Waals surface area contributed by atoms with Gasteiger partial charge in [-0.25, -0.2) is 0 Å². The fraction of sp³-hybridized carbons (Fsp3) is 0.182. The molecule has 1 aromatic carbocycles. The third-order valence-electron chi connectivity index (χ3n) is 1.83. The molecule has 1 aromatic rings. The maximum Gasteiger partial charge on any atom is 0.270 e. The molecule has 5 nitrogen and oxygen atoms in total. The summed E-state index contributed by atoms with van der Waals surface area (Å²) >= 11 is 0. The van der Waals surface area contributed by atoms with Gasteiger partial charge in [0.1, 0.15) is 6.07 Å². The van der Waals surface area contributed by atoms with E-state index in [9.17, 15) is 10.1 Å². The molecule has 0 heterocycles. The summed E-state index contributed by atoms with van der Waals surface area (Å²) in [6, 6.07) is 5.89. The second kappa shape index (κ2) is 5.50. The van der Waals surface area contributed by atoms with Gasteiger partial charge in [-0.15, -0.1) is 0 Å². The number of benzene rings is 1. The highest BCUT2D eigenvalue weighted by Crippen LogP contribution is 2.16. The minimum atomic E-state index is -0.544. The van der Waals surface area contributed by atoms with E-state index in [1.165, 1.54) is 18.2 Å². The highest BCUT2D eigenvalue weighted by molar-refractivity contribution is 5.53. The summed E-state index contributed by atoms with van der Waals surface area (Å²) in [5.41, 5.74) is 5.85. The normalized spacial score (nSPS) is 8.75. The Labute approximate surface area is 92.6 Å². The molecule has 5 heteroatoms. The zero-order valence-corrected chi connectivity index (χ0v) is 8.43. The monoisotopic (exact) mass is 215 g/mol. The van der Waals surface area contributed by atoms with E-state index in [1.807, 2.05) is 6.07 Å². The van der Waals surface area contributed by atoms with Crippen LogP contribution >= 0.6 is 0 Å². The molecular weight excluding hydrogens is 206 g/mol. The zero-order valence-electron chi connectivity index (χ0n) is 8.43. The summed E-state index contributed by atoms with van der Waals surface area (Å²) in [6.45, 7) is 0.446. The Morgan fingerprint density at radius 2 is 2.19 bits per heavy atom. The van der Waals surface area contributed by atoms with Crippen molar-refractivity contribution in [2.24, 2.45) is 5.73 Å².